The molecule has 0 atom stereocenters. The monoisotopic (exact) mass is 336 g/mol. The average molecular weight is 337 g/mol. The Morgan fingerprint density at radius 2 is 1.80 bits per heavy atom. The number of H-pyrrole nitrogens is 1. The minimum absolute atomic E-state index is 0.105. The lowest BCUT2D eigenvalue weighted by atomic mass is 10.1. The molecule has 0 saturated heterocycles. The summed E-state index contributed by atoms with van der Waals surface area (Å²) in [5, 5.41) is 12.1. The van der Waals surface area contributed by atoms with Crippen LogP contribution in [-0.4, -0.2) is 16.0 Å². The number of aromatic hydroxyl groups is 1. The van der Waals surface area contributed by atoms with Gasteiger partial charge in [0.2, 0.25) is 0 Å². The summed E-state index contributed by atoms with van der Waals surface area (Å²) >= 11 is 3.39. The Bertz CT molecular complexity index is 714. The van der Waals surface area contributed by atoms with Gasteiger partial charge in [-0.2, -0.15) is 0 Å². The van der Waals surface area contributed by atoms with Gasteiger partial charge in [0.15, 0.2) is 5.88 Å². The molecule has 0 unspecified atom stereocenters. The number of pyridine rings is 1. The number of aromatic nitrogens is 1. The zero-order valence-corrected chi connectivity index (χ0v) is 12.5. The molecule has 5 nitrogen and oxygen atoms in total. The highest BCUT2D eigenvalue weighted by Crippen LogP contribution is 2.25. The van der Waals surface area contributed by atoms with Crippen molar-refractivity contribution in [3.8, 4) is 5.88 Å². The molecule has 0 radical (unpaired) electrons. The molecule has 1 aromatic carbocycles. The second kappa shape index (κ2) is 5.50. The number of nitrogens with one attached hydrogen (secondary N) is 2. The largest absolute Gasteiger partial charge is 0.494 e. The zero-order valence-electron chi connectivity index (χ0n) is 11.0. The lowest BCUT2D eigenvalue weighted by molar-refractivity contribution is 0.102. The Hall–Kier alpha value is -2.08. The number of hydrogen-bond donors (Lipinski definition) is 3. The smallest absolute Gasteiger partial charge is 0.256 e. The predicted octanol–water partition coefficient (Wildman–Crippen LogP) is 2.71. The molecule has 1 amide bonds. The molecule has 2 aromatic rings. The Balaban J connectivity index is 2.35. The number of aryl methyl sites for hydroxylation is 2. The topological polar surface area (TPSA) is 82.2 Å². The van der Waals surface area contributed by atoms with Gasteiger partial charge in [-0.1, -0.05) is 15.9 Å². The van der Waals surface area contributed by atoms with E-state index in [9.17, 15) is 14.7 Å². The molecule has 0 fully saturated rings. The van der Waals surface area contributed by atoms with Crippen molar-refractivity contribution >= 4 is 27.5 Å². The van der Waals surface area contributed by atoms with Crippen molar-refractivity contribution in [1.29, 1.82) is 0 Å². The van der Waals surface area contributed by atoms with Crippen molar-refractivity contribution < 1.29 is 9.90 Å². The fraction of sp³-hybridized carbons (Fsp3) is 0.143. The maximum Gasteiger partial charge on any atom is 0.256 e. The number of carbonyl (C=O) groups excluding carboxylic acids is 1. The Kier molecular flexibility index (Phi) is 3.94. The molecule has 0 aliphatic carbocycles. The number of hydrogen-bond acceptors (Lipinski definition) is 3. The van der Waals surface area contributed by atoms with E-state index < -0.39 is 11.5 Å². The van der Waals surface area contributed by atoms with Crippen molar-refractivity contribution in [2.24, 2.45) is 0 Å². The third-order valence-electron chi connectivity index (χ3n) is 2.83. The SMILES string of the molecule is Cc1cc(Br)cc(C)c1NC(=O)c1cc(O)[nH]c(=O)c1. The predicted molar refractivity (Wildman–Crippen MR) is 80.3 cm³/mol. The number of anilines is 1. The average Bonchev–Trinajstić information content (AvgIpc) is 2.32. The highest BCUT2D eigenvalue weighted by molar-refractivity contribution is 9.10. The summed E-state index contributed by atoms with van der Waals surface area (Å²) in [6, 6.07) is 6.12. The van der Waals surface area contributed by atoms with Crippen LogP contribution in [-0.2, 0) is 0 Å². The minimum atomic E-state index is -0.528. The summed E-state index contributed by atoms with van der Waals surface area (Å²) < 4.78 is 0.930. The van der Waals surface area contributed by atoms with Crippen LogP contribution in [0.15, 0.2) is 33.5 Å². The van der Waals surface area contributed by atoms with Gasteiger partial charge in [0.1, 0.15) is 0 Å². The molecule has 2 rings (SSSR count). The Morgan fingerprint density at radius 3 is 2.35 bits per heavy atom. The fourth-order valence-electron chi connectivity index (χ4n) is 1.95. The van der Waals surface area contributed by atoms with E-state index in [4.69, 9.17) is 0 Å². The van der Waals surface area contributed by atoms with Crippen LogP contribution in [0.25, 0.3) is 0 Å². The first-order valence-electron chi connectivity index (χ1n) is 5.88. The van der Waals surface area contributed by atoms with Crippen LogP contribution >= 0.6 is 15.9 Å². The first kappa shape index (κ1) is 14.3. The van der Waals surface area contributed by atoms with E-state index in [1.165, 1.54) is 6.07 Å². The number of amides is 1. The van der Waals surface area contributed by atoms with Gasteiger partial charge in [0, 0.05) is 22.3 Å². The Morgan fingerprint density at radius 1 is 1.20 bits per heavy atom. The molecule has 1 aromatic heterocycles. The van der Waals surface area contributed by atoms with Gasteiger partial charge in [0.25, 0.3) is 11.5 Å². The maximum atomic E-state index is 12.1. The molecule has 3 N–H and O–H groups in total. The molecule has 0 spiro atoms. The van der Waals surface area contributed by atoms with E-state index in [1.54, 1.807) is 0 Å². The van der Waals surface area contributed by atoms with Gasteiger partial charge in [-0.05, 0) is 37.1 Å². The summed E-state index contributed by atoms with van der Waals surface area (Å²) in [5.74, 6) is -0.785. The van der Waals surface area contributed by atoms with E-state index in [0.29, 0.717) is 5.69 Å². The highest BCUT2D eigenvalue weighted by atomic mass is 79.9. The van der Waals surface area contributed by atoms with Gasteiger partial charge in [0.05, 0.1) is 5.56 Å². The minimum Gasteiger partial charge on any atom is -0.494 e. The molecule has 0 bridgehead atoms. The third kappa shape index (κ3) is 3.08. The van der Waals surface area contributed by atoms with Crippen LogP contribution < -0.4 is 10.9 Å². The number of halogens is 1. The quantitative estimate of drug-likeness (QED) is 0.788. The first-order valence-corrected chi connectivity index (χ1v) is 6.67. The molecule has 0 aliphatic rings. The van der Waals surface area contributed by atoms with Gasteiger partial charge in [-0.15, -0.1) is 0 Å². The Labute approximate surface area is 123 Å². The molecule has 1 heterocycles. The van der Waals surface area contributed by atoms with Crippen LogP contribution in [0.3, 0.4) is 0 Å². The molecule has 0 aliphatic heterocycles. The number of rotatable bonds is 2. The van der Waals surface area contributed by atoms with Crippen LogP contribution in [0.2, 0.25) is 0 Å². The molecule has 20 heavy (non-hydrogen) atoms. The second-order valence-electron chi connectivity index (χ2n) is 4.49. The summed E-state index contributed by atoms with van der Waals surface area (Å²) in [5.41, 5.74) is 2.07. The second-order valence-corrected chi connectivity index (χ2v) is 5.40. The molecular formula is C14H13BrN2O3. The van der Waals surface area contributed by atoms with Crippen molar-refractivity contribution in [2.45, 2.75) is 13.8 Å². The summed E-state index contributed by atoms with van der Waals surface area (Å²) in [6.07, 6.45) is 0. The van der Waals surface area contributed by atoms with Crippen LogP contribution in [0, 0.1) is 13.8 Å². The zero-order chi connectivity index (χ0) is 14.9. The summed E-state index contributed by atoms with van der Waals surface area (Å²) in [6.45, 7) is 3.76. The van der Waals surface area contributed by atoms with Crippen LogP contribution in [0.4, 0.5) is 5.69 Å². The van der Waals surface area contributed by atoms with Crippen LogP contribution in [0.1, 0.15) is 21.5 Å². The summed E-state index contributed by atoms with van der Waals surface area (Å²) in [7, 11) is 0. The standard InChI is InChI=1S/C14H13BrN2O3/c1-7-3-10(15)4-8(2)13(7)17-14(20)9-5-11(18)16-12(19)6-9/h3-6H,1-2H3,(H,17,20)(H2,16,18,19). The fourth-order valence-corrected chi connectivity index (χ4v) is 2.64. The van der Waals surface area contributed by atoms with Crippen molar-refractivity contribution in [2.75, 3.05) is 5.32 Å². The van der Waals surface area contributed by atoms with E-state index in [-0.39, 0.29) is 11.4 Å². The lowest BCUT2D eigenvalue weighted by Gasteiger charge is -2.12. The third-order valence-corrected chi connectivity index (χ3v) is 3.29. The number of carbonyl (C=O) groups is 1. The maximum absolute atomic E-state index is 12.1. The first-order chi connectivity index (χ1) is 9.36. The summed E-state index contributed by atoms with van der Waals surface area (Å²) in [4.78, 5) is 25.5. The van der Waals surface area contributed by atoms with Crippen LogP contribution in [0.5, 0.6) is 5.88 Å². The molecule has 6 heteroatoms. The van der Waals surface area contributed by atoms with Crippen molar-refractivity contribution in [3.63, 3.8) is 0 Å². The van der Waals surface area contributed by atoms with Gasteiger partial charge < -0.3 is 10.4 Å². The highest BCUT2D eigenvalue weighted by Gasteiger charge is 2.12. The van der Waals surface area contributed by atoms with E-state index >= 15 is 0 Å². The van der Waals surface area contributed by atoms with E-state index in [1.807, 2.05) is 26.0 Å². The van der Waals surface area contributed by atoms with Crippen molar-refractivity contribution in [1.82, 2.24) is 4.98 Å². The van der Waals surface area contributed by atoms with Crippen molar-refractivity contribution in [3.05, 3.63) is 55.8 Å². The van der Waals surface area contributed by atoms with E-state index in [0.717, 1.165) is 21.7 Å². The number of aromatic amines is 1. The molecule has 0 saturated carbocycles. The molecule has 104 valence electrons. The van der Waals surface area contributed by atoms with Gasteiger partial charge >= 0.3 is 0 Å². The van der Waals surface area contributed by atoms with Gasteiger partial charge in [-0.3, -0.25) is 14.6 Å². The van der Waals surface area contributed by atoms with Gasteiger partial charge in [-0.25, -0.2) is 0 Å². The number of benzene rings is 1. The normalized spacial score (nSPS) is 10.3. The lowest BCUT2D eigenvalue weighted by Crippen LogP contribution is -2.17. The van der Waals surface area contributed by atoms with E-state index in [2.05, 4.69) is 26.2 Å². The molecular weight excluding hydrogens is 324 g/mol.